The van der Waals surface area contributed by atoms with Crippen LogP contribution in [0.3, 0.4) is 0 Å². The monoisotopic (exact) mass is 318 g/mol. The summed E-state index contributed by atoms with van der Waals surface area (Å²) >= 11 is 0. The number of carbonyl (C=O) groups excluding carboxylic acids is 3. The molecule has 0 spiro atoms. The first-order valence-corrected chi connectivity index (χ1v) is 6.90. The Kier molecular flexibility index (Phi) is 4.79. The summed E-state index contributed by atoms with van der Waals surface area (Å²) in [7, 11) is 3.39. The number of nitrogens with two attached hydrogens (primary N) is 1. The van der Waals surface area contributed by atoms with Crippen molar-refractivity contribution in [3.8, 4) is 0 Å². The highest BCUT2D eigenvalue weighted by Crippen LogP contribution is 2.14. The number of nitrogens with one attached hydrogen (secondary N) is 2. The highest BCUT2D eigenvalue weighted by atomic mass is 16.2. The van der Waals surface area contributed by atoms with Crippen molar-refractivity contribution in [3.63, 3.8) is 0 Å². The predicted octanol–water partition coefficient (Wildman–Crippen LogP) is -0.384. The summed E-state index contributed by atoms with van der Waals surface area (Å²) in [5.74, 6) is -0.948. The third-order valence-corrected chi connectivity index (χ3v) is 3.18. The van der Waals surface area contributed by atoms with Crippen molar-refractivity contribution in [2.75, 3.05) is 11.9 Å². The maximum Gasteiger partial charge on any atom is 0.291 e. The Labute approximate surface area is 132 Å². The number of imidazole rings is 1. The molecule has 2 aromatic heterocycles. The van der Waals surface area contributed by atoms with Gasteiger partial charge in [0.25, 0.3) is 11.8 Å². The van der Waals surface area contributed by atoms with E-state index >= 15 is 0 Å². The fourth-order valence-corrected chi connectivity index (χ4v) is 2.02. The lowest BCUT2D eigenvalue weighted by Gasteiger charge is -2.04. The molecule has 2 aromatic rings. The molecule has 3 amide bonds. The Morgan fingerprint density at radius 2 is 1.96 bits per heavy atom. The Hall–Kier alpha value is -3.10. The topological polar surface area (TPSA) is 124 Å². The molecule has 0 bridgehead atoms. The minimum Gasteiger partial charge on any atom is -0.370 e. The normalized spacial score (nSPS) is 10.3. The van der Waals surface area contributed by atoms with Crippen LogP contribution in [0.2, 0.25) is 0 Å². The smallest absolute Gasteiger partial charge is 0.291 e. The third-order valence-electron chi connectivity index (χ3n) is 3.18. The van der Waals surface area contributed by atoms with Crippen molar-refractivity contribution in [2.24, 2.45) is 19.8 Å². The molecule has 0 aliphatic carbocycles. The van der Waals surface area contributed by atoms with Crippen LogP contribution < -0.4 is 16.4 Å². The molecule has 0 aliphatic rings. The third kappa shape index (κ3) is 3.96. The van der Waals surface area contributed by atoms with E-state index in [0.717, 1.165) is 0 Å². The standard InChI is InChI=1S/C14H18N6O3/c1-19-6-5-16-12(19)14(23)18-9-7-10(20(2)8-9)13(22)17-4-3-11(15)21/h5-8H,3-4H2,1-2H3,(H2,15,21)(H,17,22)(H,18,23). The summed E-state index contributed by atoms with van der Waals surface area (Å²) in [6, 6.07) is 1.54. The molecule has 9 nitrogen and oxygen atoms in total. The van der Waals surface area contributed by atoms with Crippen LogP contribution in [-0.4, -0.2) is 38.4 Å². The highest BCUT2D eigenvalue weighted by molar-refractivity contribution is 6.03. The lowest BCUT2D eigenvalue weighted by Crippen LogP contribution is -2.29. The summed E-state index contributed by atoms with van der Waals surface area (Å²) in [4.78, 5) is 38.7. The van der Waals surface area contributed by atoms with Gasteiger partial charge in [-0.2, -0.15) is 0 Å². The molecule has 0 radical (unpaired) electrons. The first-order valence-electron chi connectivity index (χ1n) is 6.90. The lowest BCUT2D eigenvalue weighted by atomic mass is 10.3. The van der Waals surface area contributed by atoms with E-state index in [1.807, 2.05) is 0 Å². The maximum absolute atomic E-state index is 12.1. The average Bonchev–Trinajstić information content (AvgIpc) is 3.04. The van der Waals surface area contributed by atoms with E-state index in [4.69, 9.17) is 5.73 Å². The molecule has 0 unspecified atom stereocenters. The van der Waals surface area contributed by atoms with Gasteiger partial charge in [0.2, 0.25) is 5.91 Å². The Morgan fingerprint density at radius 1 is 1.22 bits per heavy atom. The molecular formula is C14H18N6O3. The van der Waals surface area contributed by atoms with Crippen molar-refractivity contribution >= 4 is 23.4 Å². The van der Waals surface area contributed by atoms with E-state index in [0.29, 0.717) is 11.4 Å². The van der Waals surface area contributed by atoms with Crippen molar-refractivity contribution in [1.29, 1.82) is 0 Å². The van der Waals surface area contributed by atoms with Gasteiger partial charge in [-0.15, -0.1) is 0 Å². The molecule has 2 rings (SSSR count). The molecule has 9 heteroatoms. The minimum absolute atomic E-state index is 0.0684. The highest BCUT2D eigenvalue weighted by Gasteiger charge is 2.15. The SMILES string of the molecule is Cn1cc(NC(=O)c2nccn2C)cc1C(=O)NCCC(N)=O. The Balaban J connectivity index is 2.03. The van der Waals surface area contributed by atoms with Gasteiger partial charge in [0, 0.05) is 45.7 Å². The predicted molar refractivity (Wildman–Crippen MR) is 82.7 cm³/mol. The van der Waals surface area contributed by atoms with E-state index in [-0.39, 0.29) is 30.6 Å². The molecule has 2 heterocycles. The van der Waals surface area contributed by atoms with Gasteiger partial charge in [-0.3, -0.25) is 14.4 Å². The van der Waals surface area contributed by atoms with Gasteiger partial charge >= 0.3 is 0 Å². The number of aryl methyl sites for hydroxylation is 2. The van der Waals surface area contributed by atoms with Crippen molar-refractivity contribution in [1.82, 2.24) is 19.4 Å². The fourth-order valence-electron chi connectivity index (χ4n) is 2.02. The zero-order valence-electron chi connectivity index (χ0n) is 12.9. The lowest BCUT2D eigenvalue weighted by molar-refractivity contribution is -0.117. The number of aromatic nitrogens is 3. The van der Waals surface area contributed by atoms with E-state index in [1.54, 1.807) is 41.7 Å². The Bertz CT molecular complexity index is 746. The molecule has 4 N–H and O–H groups in total. The van der Waals surface area contributed by atoms with Crippen LogP contribution in [0.4, 0.5) is 5.69 Å². The van der Waals surface area contributed by atoms with Gasteiger partial charge in [0.05, 0.1) is 5.69 Å². The van der Waals surface area contributed by atoms with Crippen molar-refractivity contribution < 1.29 is 14.4 Å². The minimum atomic E-state index is -0.486. The quantitative estimate of drug-likeness (QED) is 0.671. The van der Waals surface area contributed by atoms with E-state index in [2.05, 4.69) is 15.6 Å². The molecular weight excluding hydrogens is 300 g/mol. The first kappa shape index (κ1) is 16.3. The largest absolute Gasteiger partial charge is 0.370 e. The van der Waals surface area contributed by atoms with Crippen LogP contribution in [0.15, 0.2) is 24.7 Å². The van der Waals surface area contributed by atoms with Gasteiger partial charge in [-0.25, -0.2) is 4.98 Å². The van der Waals surface area contributed by atoms with Crippen LogP contribution >= 0.6 is 0 Å². The summed E-state index contributed by atoms with van der Waals surface area (Å²) in [5.41, 5.74) is 5.84. The Morgan fingerprint density at radius 3 is 2.57 bits per heavy atom. The van der Waals surface area contributed by atoms with Crippen LogP contribution in [-0.2, 0) is 18.9 Å². The molecule has 0 aromatic carbocycles. The fraction of sp³-hybridized carbons (Fsp3) is 0.286. The van der Waals surface area contributed by atoms with Gasteiger partial charge in [0.1, 0.15) is 5.69 Å². The molecule has 0 saturated carbocycles. The number of hydrogen-bond acceptors (Lipinski definition) is 4. The average molecular weight is 318 g/mol. The summed E-state index contributed by atoms with van der Waals surface area (Å²) in [6.07, 6.45) is 4.87. The molecule has 23 heavy (non-hydrogen) atoms. The number of hydrogen-bond donors (Lipinski definition) is 3. The van der Waals surface area contributed by atoms with Crippen LogP contribution in [0.25, 0.3) is 0 Å². The second-order valence-corrected chi connectivity index (χ2v) is 5.01. The molecule has 0 aliphatic heterocycles. The summed E-state index contributed by atoms with van der Waals surface area (Å²) in [5, 5.41) is 5.26. The maximum atomic E-state index is 12.1. The van der Waals surface area contributed by atoms with Crippen LogP contribution in [0.1, 0.15) is 27.5 Å². The number of anilines is 1. The zero-order valence-corrected chi connectivity index (χ0v) is 12.9. The molecule has 0 saturated heterocycles. The van der Waals surface area contributed by atoms with E-state index in [1.165, 1.54) is 6.20 Å². The second-order valence-electron chi connectivity index (χ2n) is 5.01. The van der Waals surface area contributed by atoms with E-state index < -0.39 is 5.91 Å². The number of primary amides is 1. The van der Waals surface area contributed by atoms with Crippen molar-refractivity contribution in [2.45, 2.75) is 6.42 Å². The second kappa shape index (κ2) is 6.77. The molecule has 0 fully saturated rings. The van der Waals surface area contributed by atoms with E-state index in [9.17, 15) is 14.4 Å². The van der Waals surface area contributed by atoms with Gasteiger partial charge in [0.15, 0.2) is 5.82 Å². The van der Waals surface area contributed by atoms with Gasteiger partial charge in [-0.05, 0) is 6.07 Å². The summed E-state index contributed by atoms with van der Waals surface area (Å²) < 4.78 is 3.17. The van der Waals surface area contributed by atoms with Crippen molar-refractivity contribution in [3.05, 3.63) is 36.2 Å². The summed E-state index contributed by atoms with van der Waals surface area (Å²) in [6.45, 7) is 0.161. The van der Waals surface area contributed by atoms with Gasteiger partial charge in [-0.1, -0.05) is 0 Å². The number of nitrogens with zero attached hydrogens (tertiary/aromatic N) is 3. The number of carbonyl (C=O) groups is 3. The number of rotatable bonds is 6. The first-order chi connectivity index (χ1) is 10.9. The van der Waals surface area contributed by atoms with Crippen LogP contribution in [0, 0.1) is 0 Å². The van der Waals surface area contributed by atoms with Gasteiger partial charge < -0.3 is 25.5 Å². The van der Waals surface area contributed by atoms with Crippen LogP contribution in [0.5, 0.6) is 0 Å². The molecule has 0 atom stereocenters. The number of amides is 3. The molecule has 122 valence electrons. The zero-order chi connectivity index (χ0) is 17.0.